The van der Waals surface area contributed by atoms with Crippen molar-refractivity contribution in [2.75, 3.05) is 13.2 Å². The van der Waals surface area contributed by atoms with Crippen molar-refractivity contribution < 1.29 is 37.0 Å². The topological polar surface area (TPSA) is 61.8 Å². The van der Waals surface area contributed by atoms with E-state index < -0.39 is 24.2 Å². The van der Waals surface area contributed by atoms with Crippen LogP contribution in [0.15, 0.2) is 72.8 Å². The van der Waals surface area contributed by atoms with Gasteiger partial charge in [0.2, 0.25) is 0 Å². The Bertz CT molecular complexity index is 1370. The fraction of sp³-hybridized carbons (Fsp3) is 0.524. The third kappa shape index (κ3) is 15.5. The number of aryl methyl sites for hydroxylation is 1. The number of carbonyl (C=O) groups is 2. The van der Waals surface area contributed by atoms with Crippen LogP contribution in [-0.2, 0) is 15.9 Å². The van der Waals surface area contributed by atoms with E-state index in [0.29, 0.717) is 31.6 Å². The highest BCUT2D eigenvalue weighted by Crippen LogP contribution is 2.28. The van der Waals surface area contributed by atoms with E-state index in [1.165, 1.54) is 100 Å². The number of benzene rings is 3. The molecular formula is C42H55F3O5. The third-order valence-electron chi connectivity index (χ3n) is 8.85. The average molecular weight is 697 g/mol. The minimum absolute atomic E-state index is 0.0652. The van der Waals surface area contributed by atoms with Crippen molar-refractivity contribution in [3.63, 3.8) is 0 Å². The third-order valence-corrected chi connectivity index (χ3v) is 8.85. The average Bonchev–Trinajstić information content (AvgIpc) is 3.11. The molecule has 5 nitrogen and oxygen atoms in total. The molecule has 0 saturated heterocycles. The van der Waals surface area contributed by atoms with Crippen LogP contribution in [0.3, 0.4) is 0 Å². The Labute approximate surface area is 296 Å². The normalized spacial score (nSPS) is 12.1. The lowest BCUT2D eigenvalue weighted by Gasteiger charge is -2.20. The Morgan fingerprint density at radius 3 is 1.66 bits per heavy atom. The molecule has 0 bridgehead atoms. The molecule has 50 heavy (non-hydrogen) atoms. The van der Waals surface area contributed by atoms with Crippen LogP contribution < -0.4 is 4.74 Å². The lowest BCUT2D eigenvalue weighted by molar-refractivity contribution is -0.206. The van der Waals surface area contributed by atoms with Gasteiger partial charge in [0.25, 0.3) is 0 Å². The SMILES string of the molecule is CCCCCCCCCCCCCc1ccc(-c2ccc(C(=O)Oc3ccc(C(=O)O[C@H](CCCCCOCC)C(F)(F)F)cc3)cc2)cc1. The number of hydrogen-bond acceptors (Lipinski definition) is 5. The van der Waals surface area contributed by atoms with Crippen molar-refractivity contribution in [1.29, 1.82) is 0 Å². The molecule has 274 valence electrons. The lowest BCUT2D eigenvalue weighted by atomic mass is 10.00. The van der Waals surface area contributed by atoms with Gasteiger partial charge in [-0.2, -0.15) is 13.2 Å². The maximum absolute atomic E-state index is 13.5. The molecule has 3 rings (SSSR count). The van der Waals surface area contributed by atoms with Crippen molar-refractivity contribution in [3.05, 3.63) is 89.5 Å². The predicted molar refractivity (Wildman–Crippen MR) is 194 cm³/mol. The van der Waals surface area contributed by atoms with E-state index in [-0.39, 0.29) is 24.2 Å². The molecule has 0 unspecified atom stereocenters. The molecule has 0 heterocycles. The molecule has 0 N–H and O–H groups in total. The standard InChI is InChI=1S/C42H55F3O5/c1-3-5-6-7-8-9-10-11-12-13-15-18-33-20-22-34(23-21-33)35-24-26-36(27-25-35)40(46)49-38-30-28-37(29-31-38)41(47)50-39(42(43,44)45)19-16-14-17-32-48-4-2/h20-31,39H,3-19,32H2,1-2H3/t39-/m1/s1. The van der Waals surface area contributed by atoms with Gasteiger partial charge in [-0.15, -0.1) is 0 Å². The number of hydrogen-bond donors (Lipinski definition) is 0. The molecule has 0 aliphatic rings. The number of alkyl halides is 3. The maximum atomic E-state index is 13.5. The van der Waals surface area contributed by atoms with Crippen molar-refractivity contribution in [2.24, 2.45) is 0 Å². The fourth-order valence-electron chi connectivity index (χ4n) is 5.82. The van der Waals surface area contributed by atoms with Crippen LogP contribution in [-0.4, -0.2) is 37.4 Å². The van der Waals surface area contributed by atoms with Crippen LogP contribution >= 0.6 is 0 Å². The van der Waals surface area contributed by atoms with Gasteiger partial charge in [-0.3, -0.25) is 0 Å². The van der Waals surface area contributed by atoms with Crippen LogP contribution in [0, 0.1) is 0 Å². The second kappa shape index (κ2) is 22.9. The summed E-state index contributed by atoms with van der Waals surface area (Å²) in [5, 5.41) is 0. The number of carbonyl (C=O) groups excluding carboxylic acids is 2. The highest BCUT2D eigenvalue weighted by Gasteiger charge is 2.42. The molecule has 1 atom stereocenters. The summed E-state index contributed by atoms with van der Waals surface area (Å²) in [5.41, 5.74) is 3.65. The van der Waals surface area contributed by atoms with Crippen LogP contribution in [0.2, 0.25) is 0 Å². The number of halogens is 3. The minimum Gasteiger partial charge on any atom is -0.449 e. The molecule has 0 aromatic heterocycles. The number of unbranched alkanes of at least 4 members (excludes halogenated alkanes) is 12. The Kier molecular flexibility index (Phi) is 18.7. The molecule has 0 fully saturated rings. The molecule has 0 saturated carbocycles. The summed E-state index contributed by atoms with van der Waals surface area (Å²) in [6, 6.07) is 20.9. The zero-order valence-corrected chi connectivity index (χ0v) is 29.9. The molecule has 0 radical (unpaired) electrons. The zero-order chi connectivity index (χ0) is 36.0. The second-order valence-electron chi connectivity index (χ2n) is 13.0. The lowest BCUT2D eigenvalue weighted by Crippen LogP contribution is -2.33. The molecule has 0 aliphatic heterocycles. The predicted octanol–water partition coefficient (Wildman–Crippen LogP) is 12.1. The first-order valence-electron chi connectivity index (χ1n) is 18.6. The van der Waals surface area contributed by atoms with E-state index in [1.807, 2.05) is 19.1 Å². The number of rotatable bonds is 24. The Balaban J connectivity index is 1.40. The van der Waals surface area contributed by atoms with Gasteiger partial charge in [0.05, 0.1) is 11.1 Å². The van der Waals surface area contributed by atoms with Crippen LogP contribution in [0.25, 0.3) is 11.1 Å². The van der Waals surface area contributed by atoms with Gasteiger partial charge in [-0.25, -0.2) is 9.59 Å². The summed E-state index contributed by atoms with van der Waals surface area (Å²) >= 11 is 0. The van der Waals surface area contributed by atoms with Crippen molar-refractivity contribution >= 4 is 11.9 Å². The highest BCUT2D eigenvalue weighted by molar-refractivity contribution is 5.92. The monoisotopic (exact) mass is 696 g/mol. The van der Waals surface area contributed by atoms with Gasteiger partial charge >= 0.3 is 18.1 Å². The first-order valence-corrected chi connectivity index (χ1v) is 18.6. The fourth-order valence-corrected chi connectivity index (χ4v) is 5.82. The second-order valence-corrected chi connectivity index (χ2v) is 13.0. The Morgan fingerprint density at radius 1 is 0.600 bits per heavy atom. The first kappa shape index (κ1) is 40.8. The largest absolute Gasteiger partial charge is 0.449 e. The summed E-state index contributed by atoms with van der Waals surface area (Å²) in [7, 11) is 0. The maximum Gasteiger partial charge on any atom is 0.425 e. The van der Waals surface area contributed by atoms with Gasteiger partial charge in [0.15, 0.2) is 6.10 Å². The summed E-state index contributed by atoms with van der Waals surface area (Å²) in [4.78, 5) is 25.2. The van der Waals surface area contributed by atoms with E-state index in [1.54, 1.807) is 12.1 Å². The van der Waals surface area contributed by atoms with Crippen LogP contribution in [0.1, 0.15) is 136 Å². The quantitative estimate of drug-likeness (QED) is 0.0530. The summed E-state index contributed by atoms with van der Waals surface area (Å²) in [6.07, 6.45) is 10.0. The Hall–Kier alpha value is -3.65. The van der Waals surface area contributed by atoms with Crippen molar-refractivity contribution in [2.45, 2.75) is 129 Å². The number of esters is 2. The summed E-state index contributed by atoms with van der Waals surface area (Å²) < 4.78 is 55.9. The molecule has 0 spiro atoms. The van der Waals surface area contributed by atoms with Crippen LogP contribution in [0.4, 0.5) is 13.2 Å². The molecular weight excluding hydrogens is 641 g/mol. The zero-order valence-electron chi connectivity index (χ0n) is 29.9. The van der Waals surface area contributed by atoms with Gasteiger partial charge in [-0.05, 0) is 92.1 Å². The highest BCUT2D eigenvalue weighted by atomic mass is 19.4. The van der Waals surface area contributed by atoms with E-state index in [0.717, 1.165) is 17.5 Å². The van der Waals surface area contributed by atoms with E-state index >= 15 is 0 Å². The first-order chi connectivity index (χ1) is 24.2. The van der Waals surface area contributed by atoms with Gasteiger partial charge in [0.1, 0.15) is 5.75 Å². The van der Waals surface area contributed by atoms with Crippen molar-refractivity contribution in [3.8, 4) is 16.9 Å². The minimum atomic E-state index is -4.67. The van der Waals surface area contributed by atoms with Crippen molar-refractivity contribution in [1.82, 2.24) is 0 Å². The molecule has 3 aromatic carbocycles. The number of ether oxygens (including phenoxy) is 3. The molecule has 0 aliphatic carbocycles. The smallest absolute Gasteiger partial charge is 0.425 e. The van der Waals surface area contributed by atoms with Gasteiger partial charge in [-0.1, -0.05) is 114 Å². The van der Waals surface area contributed by atoms with Crippen LogP contribution in [0.5, 0.6) is 5.75 Å². The van der Waals surface area contributed by atoms with E-state index in [9.17, 15) is 22.8 Å². The van der Waals surface area contributed by atoms with Gasteiger partial charge in [0, 0.05) is 13.2 Å². The van der Waals surface area contributed by atoms with E-state index in [2.05, 4.69) is 31.2 Å². The summed E-state index contributed by atoms with van der Waals surface area (Å²) in [6.45, 7) is 5.16. The molecule has 8 heteroatoms. The Morgan fingerprint density at radius 2 is 1.10 bits per heavy atom. The molecule has 3 aromatic rings. The van der Waals surface area contributed by atoms with E-state index in [4.69, 9.17) is 14.2 Å². The molecule has 0 amide bonds. The van der Waals surface area contributed by atoms with Gasteiger partial charge < -0.3 is 14.2 Å². The summed E-state index contributed by atoms with van der Waals surface area (Å²) in [5.74, 6) is -1.52.